The minimum Gasteiger partial charge on any atom is -0.492 e. The van der Waals surface area contributed by atoms with Crippen LogP contribution in [-0.4, -0.2) is 42.2 Å². The third-order valence-corrected chi connectivity index (χ3v) is 7.11. The van der Waals surface area contributed by atoms with E-state index in [2.05, 4.69) is 12.1 Å². The summed E-state index contributed by atoms with van der Waals surface area (Å²) in [4.78, 5) is 13.0. The van der Waals surface area contributed by atoms with Gasteiger partial charge in [-0.3, -0.25) is 9.69 Å². The Labute approximate surface area is 193 Å². The van der Waals surface area contributed by atoms with Crippen LogP contribution in [-0.2, 0) is 16.8 Å². The monoisotopic (exact) mass is 463 g/mol. The van der Waals surface area contributed by atoms with E-state index in [-0.39, 0.29) is 24.4 Å². The summed E-state index contributed by atoms with van der Waals surface area (Å²) in [5.74, 6) is 1.54. The molecule has 1 aliphatic carbocycles. The fourth-order valence-electron chi connectivity index (χ4n) is 4.85. The summed E-state index contributed by atoms with van der Waals surface area (Å²) in [5, 5.41) is 9.79. The molecule has 1 saturated heterocycles. The van der Waals surface area contributed by atoms with Crippen LogP contribution in [0.3, 0.4) is 0 Å². The molecule has 2 aliphatic heterocycles. The molecule has 0 amide bonds. The van der Waals surface area contributed by atoms with Gasteiger partial charge in [-0.15, -0.1) is 12.4 Å². The van der Waals surface area contributed by atoms with E-state index in [1.54, 1.807) is 0 Å². The van der Waals surface area contributed by atoms with Gasteiger partial charge >= 0.3 is 5.97 Å². The topological polar surface area (TPSA) is 59.0 Å². The molecular weight excluding hydrogens is 437 g/mol. The molecule has 1 N–H and O–H groups in total. The predicted octanol–water partition coefficient (Wildman–Crippen LogP) is 5.03. The molecule has 0 bridgehead atoms. The smallest absolute Gasteiger partial charge is 0.317 e. The predicted molar refractivity (Wildman–Crippen MR) is 122 cm³/mol. The molecule has 31 heavy (non-hydrogen) atoms. The molecule has 7 heteroatoms. The molecule has 2 aromatic rings. The van der Waals surface area contributed by atoms with Crippen molar-refractivity contribution in [1.29, 1.82) is 0 Å². The van der Waals surface area contributed by atoms with Gasteiger partial charge in [0.15, 0.2) is 0 Å². The Hall–Kier alpha value is -1.95. The molecular formula is C24H27Cl2NO4. The van der Waals surface area contributed by atoms with Crippen LogP contribution in [0.1, 0.15) is 48.3 Å². The third kappa shape index (κ3) is 4.50. The number of likely N-dealkylation sites (tertiary alicyclic amines) is 1. The summed E-state index contributed by atoms with van der Waals surface area (Å²) in [6, 6.07) is 12.2. The van der Waals surface area contributed by atoms with E-state index in [0.29, 0.717) is 19.1 Å². The first-order valence-corrected chi connectivity index (χ1v) is 11.0. The number of benzene rings is 2. The lowest BCUT2D eigenvalue weighted by Crippen LogP contribution is -2.45. The number of fused-ring (bicyclic) bond motifs is 2. The van der Waals surface area contributed by atoms with Crippen LogP contribution < -0.4 is 9.47 Å². The standard InChI is InChI=1S/C24H26ClNO4.ClH/c25-21-3-1-2-18(16-4-5-16)19(21)14-29-17-6-7-20-22(12-17)30-15-24(20)8-10-26(11-9-24)13-23(27)28;/h1-3,6-7,12,16H,4-5,8-11,13-15H2,(H,27,28);1H. The van der Waals surface area contributed by atoms with Crippen molar-refractivity contribution in [2.75, 3.05) is 26.2 Å². The van der Waals surface area contributed by atoms with Crippen LogP contribution in [0.5, 0.6) is 11.5 Å². The number of carbonyl (C=O) groups is 1. The Morgan fingerprint density at radius 3 is 2.71 bits per heavy atom. The average Bonchev–Trinajstić information content (AvgIpc) is 3.52. The molecule has 2 fully saturated rings. The van der Waals surface area contributed by atoms with E-state index in [9.17, 15) is 4.79 Å². The van der Waals surface area contributed by atoms with E-state index in [1.807, 2.05) is 29.2 Å². The Morgan fingerprint density at radius 2 is 2.00 bits per heavy atom. The first-order chi connectivity index (χ1) is 14.5. The summed E-state index contributed by atoms with van der Waals surface area (Å²) in [6.45, 7) is 2.79. The highest BCUT2D eigenvalue weighted by Crippen LogP contribution is 2.47. The molecule has 166 valence electrons. The van der Waals surface area contributed by atoms with E-state index in [1.165, 1.54) is 24.0 Å². The number of hydrogen-bond acceptors (Lipinski definition) is 4. The van der Waals surface area contributed by atoms with Crippen LogP contribution in [0, 0.1) is 0 Å². The lowest BCUT2D eigenvalue weighted by molar-refractivity contribution is -0.138. The zero-order valence-corrected chi connectivity index (χ0v) is 18.9. The van der Waals surface area contributed by atoms with Crippen molar-refractivity contribution in [2.24, 2.45) is 0 Å². The Bertz CT molecular complexity index is 968. The largest absolute Gasteiger partial charge is 0.492 e. The van der Waals surface area contributed by atoms with Crippen molar-refractivity contribution in [3.63, 3.8) is 0 Å². The third-order valence-electron chi connectivity index (χ3n) is 6.76. The van der Waals surface area contributed by atoms with Gasteiger partial charge in [0.1, 0.15) is 18.1 Å². The maximum Gasteiger partial charge on any atom is 0.317 e. The number of aliphatic carboxylic acids is 1. The molecule has 5 rings (SSSR count). The quantitative estimate of drug-likeness (QED) is 0.650. The van der Waals surface area contributed by atoms with Crippen LogP contribution >= 0.6 is 24.0 Å². The Kier molecular flexibility index (Phi) is 6.38. The van der Waals surface area contributed by atoms with E-state index >= 15 is 0 Å². The first-order valence-electron chi connectivity index (χ1n) is 10.7. The van der Waals surface area contributed by atoms with Crippen molar-refractivity contribution in [3.05, 3.63) is 58.1 Å². The summed E-state index contributed by atoms with van der Waals surface area (Å²) >= 11 is 6.46. The normalized spacial score (nSPS) is 19.4. The summed E-state index contributed by atoms with van der Waals surface area (Å²) in [6.07, 6.45) is 4.29. The van der Waals surface area contributed by atoms with Crippen molar-refractivity contribution < 1.29 is 19.4 Å². The highest BCUT2D eigenvalue weighted by molar-refractivity contribution is 6.31. The van der Waals surface area contributed by atoms with Gasteiger partial charge < -0.3 is 14.6 Å². The lowest BCUT2D eigenvalue weighted by Gasteiger charge is -2.37. The fraction of sp³-hybridized carbons (Fsp3) is 0.458. The number of ether oxygens (including phenoxy) is 2. The number of halogens is 2. The molecule has 0 radical (unpaired) electrons. The molecule has 2 aromatic carbocycles. The van der Waals surface area contributed by atoms with Crippen molar-refractivity contribution in [1.82, 2.24) is 4.90 Å². The second-order valence-electron chi connectivity index (χ2n) is 8.77. The second-order valence-corrected chi connectivity index (χ2v) is 9.17. The minimum absolute atomic E-state index is 0. The van der Waals surface area contributed by atoms with Crippen LogP contribution in [0.2, 0.25) is 5.02 Å². The van der Waals surface area contributed by atoms with Gasteiger partial charge in [-0.1, -0.05) is 29.8 Å². The number of carboxylic acid groups (broad SMARTS) is 1. The second kappa shape index (κ2) is 8.89. The molecule has 5 nitrogen and oxygen atoms in total. The van der Waals surface area contributed by atoms with Gasteiger partial charge in [0, 0.05) is 27.6 Å². The Morgan fingerprint density at radius 1 is 1.23 bits per heavy atom. The van der Waals surface area contributed by atoms with Crippen molar-refractivity contribution in [3.8, 4) is 11.5 Å². The minimum atomic E-state index is -0.765. The first kappa shape index (κ1) is 22.3. The van der Waals surface area contributed by atoms with Gasteiger partial charge in [0.05, 0.1) is 13.2 Å². The zero-order valence-electron chi connectivity index (χ0n) is 17.3. The molecule has 2 heterocycles. The molecule has 0 aromatic heterocycles. The van der Waals surface area contributed by atoms with E-state index < -0.39 is 5.97 Å². The van der Waals surface area contributed by atoms with Gasteiger partial charge in [-0.2, -0.15) is 0 Å². The van der Waals surface area contributed by atoms with E-state index in [4.69, 9.17) is 26.2 Å². The average molecular weight is 464 g/mol. The van der Waals surface area contributed by atoms with Gasteiger partial charge in [0.2, 0.25) is 0 Å². The highest BCUT2D eigenvalue weighted by atomic mass is 35.5. The molecule has 0 atom stereocenters. The van der Waals surface area contributed by atoms with Gasteiger partial charge in [-0.25, -0.2) is 0 Å². The summed E-state index contributed by atoms with van der Waals surface area (Å²) < 4.78 is 12.2. The van der Waals surface area contributed by atoms with Gasteiger partial charge in [-0.05, 0) is 62.4 Å². The summed E-state index contributed by atoms with van der Waals surface area (Å²) in [7, 11) is 0. The SMILES string of the molecule is Cl.O=C(O)CN1CCC2(CC1)COc1cc(OCc3c(Cl)cccc3C3CC3)ccc12. The Balaban J connectivity index is 0.00000231. The molecule has 1 saturated carbocycles. The van der Waals surface area contributed by atoms with Crippen LogP contribution in [0.4, 0.5) is 0 Å². The zero-order chi connectivity index (χ0) is 20.7. The number of piperidine rings is 1. The van der Waals surface area contributed by atoms with Crippen molar-refractivity contribution in [2.45, 2.75) is 43.6 Å². The number of carboxylic acids is 1. The maximum atomic E-state index is 11.0. The molecule has 0 unspecified atom stereocenters. The number of rotatable bonds is 6. The highest BCUT2D eigenvalue weighted by Gasteiger charge is 2.43. The molecule has 3 aliphatic rings. The van der Waals surface area contributed by atoms with Crippen LogP contribution in [0.15, 0.2) is 36.4 Å². The van der Waals surface area contributed by atoms with Gasteiger partial charge in [0.25, 0.3) is 0 Å². The summed E-state index contributed by atoms with van der Waals surface area (Å²) in [5.41, 5.74) is 3.61. The maximum absolute atomic E-state index is 11.0. The number of hydrogen-bond donors (Lipinski definition) is 1. The van der Waals surface area contributed by atoms with Crippen LogP contribution in [0.25, 0.3) is 0 Å². The number of nitrogens with zero attached hydrogens (tertiary/aromatic N) is 1. The molecule has 1 spiro atoms. The fourth-order valence-corrected chi connectivity index (χ4v) is 5.08. The van der Waals surface area contributed by atoms with E-state index in [0.717, 1.165) is 48.0 Å². The lowest BCUT2D eigenvalue weighted by atomic mass is 9.74. The van der Waals surface area contributed by atoms with Crippen molar-refractivity contribution >= 4 is 30.0 Å².